The Labute approximate surface area is 83.1 Å². The largest absolute Gasteiger partial charge is 0.306 e. The molecule has 3 rings (SSSR count). The maximum Gasteiger partial charge on any atom is 0.0409 e. The zero-order chi connectivity index (χ0) is 8.84. The predicted octanol–water partition coefficient (Wildman–Crippen LogP) is 2.89. The molecule has 1 saturated carbocycles. The van der Waals surface area contributed by atoms with E-state index >= 15 is 0 Å². The quantitative estimate of drug-likeness (QED) is 0.723. The number of halogens is 1. The summed E-state index contributed by atoms with van der Waals surface area (Å²) in [7, 11) is 0. The average molecular weight is 194 g/mol. The minimum Gasteiger partial charge on any atom is -0.306 e. The fraction of sp³-hybridized carbons (Fsp3) is 0.455. The maximum absolute atomic E-state index is 5.99. The van der Waals surface area contributed by atoms with Gasteiger partial charge in [-0.3, -0.25) is 0 Å². The van der Waals surface area contributed by atoms with Crippen LogP contribution in [0, 0.1) is 5.92 Å². The van der Waals surface area contributed by atoms with Gasteiger partial charge in [0.05, 0.1) is 0 Å². The van der Waals surface area contributed by atoms with Crippen LogP contribution in [0.5, 0.6) is 0 Å². The summed E-state index contributed by atoms with van der Waals surface area (Å²) in [5.74, 6) is 0.875. The van der Waals surface area contributed by atoms with Gasteiger partial charge in [-0.2, -0.15) is 0 Å². The van der Waals surface area contributed by atoms with Crippen LogP contribution in [0.15, 0.2) is 18.2 Å². The minimum atomic E-state index is 0.591. The molecule has 1 aromatic carbocycles. The molecular formula is C11H12ClN. The summed E-state index contributed by atoms with van der Waals surface area (Å²) >= 11 is 5.99. The minimum absolute atomic E-state index is 0.591. The molecule has 2 aliphatic rings. The summed E-state index contributed by atoms with van der Waals surface area (Å²) in [5.41, 5.74) is 2.87. The van der Waals surface area contributed by atoms with Gasteiger partial charge in [0.1, 0.15) is 0 Å². The number of benzene rings is 1. The van der Waals surface area contributed by atoms with Crippen molar-refractivity contribution >= 4 is 11.6 Å². The van der Waals surface area contributed by atoms with Gasteiger partial charge in [-0.05, 0) is 42.0 Å². The maximum atomic E-state index is 5.99. The first-order valence-corrected chi connectivity index (χ1v) is 5.24. The summed E-state index contributed by atoms with van der Waals surface area (Å²) in [4.78, 5) is 0. The molecule has 0 spiro atoms. The van der Waals surface area contributed by atoms with Gasteiger partial charge in [0.2, 0.25) is 0 Å². The molecule has 1 aromatic rings. The lowest BCUT2D eigenvalue weighted by atomic mass is 10.0. The number of hydrogen-bond donors (Lipinski definition) is 1. The summed E-state index contributed by atoms with van der Waals surface area (Å²) in [6.45, 7) is 1.02. The Bertz CT molecular complexity index is 344. The Morgan fingerprint density at radius 3 is 2.92 bits per heavy atom. The highest BCUT2D eigenvalue weighted by molar-refractivity contribution is 6.30. The highest BCUT2D eigenvalue weighted by Gasteiger charge is 2.35. The zero-order valence-corrected chi connectivity index (χ0v) is 8.14. The molecule has 1 atom stereocenters. The van der Waals surface area contributed by atoms with E-state index in [1.807, 2.05) is 6.07 Å². The number of rotatable bonds is 1. The van der Waals surface area contributed by atoms with Gasteiger partial charge in [0, 0.05) is 17.6 Å². The third-order valence-corrected chi connectivity index (χ3v) is 3.28. The van der Waals surface area contributed by atoms with Crippen molar-refractivity contribution < 1.29 is 0 Å². The highest BCUT2D eigenvalue weighted by atomic mass is 35.5. The Balaban J connectivity index is 2.03. The van der Waals surface area contributed by atoms with Gasteiger partial charge in [-0.25, -0.2) is 0 Å². The molecule has 0 bridgehead atoms. The van der Waals surface area contributed by atoms with E-state index in [1.54, 1.807) is 0 Å². The number of hydrogen-bond acceptors (Lipinski definition) is 1. The Kier molecular flexibility index (Phi) is 1.64. The van der Waals surface area contributed by atoms with E-state index in [-0.39, 0.29) is 0 Å². The smallest absolute Gasteiger partial charge is 0.0409 e. The van der Waals surface area contributed by atoms with Crippen molar-refractivity contribution in [2.45, 2.75) is 25.4 Å². The third kappa shape index (κ3) is 1.27. The molecule has 2 heteroatoms. The van der Waals surface area contributed by atoms with E-state index in [2.05, 4.69) is 17.4 Å². The first-order valence-electron chi connectivity index (χ1n) is 4.86. The lowest BCUT2D eigenvalue weighted by Gasteiger charge is -2.09. The summed E-state index contributed by atoms with van der Waals surface area (Å²) < 4.78 is 0. The van der Waals surface area contributed by atoms with E-state index in [1.165, 1.54) is 24.0 Å². The molecule has 1 aliphatic heterocycles. The van der Waals surface area contributed by atoms with Crippen molar-refractivity contribution in [1.82, 2.24) is 5.32 Å². The Morgan fingerprint density at radius 1 is 1.31 bits per heavy atom. The summed E-state index contributed by atoms with van der Waals surface area (Å²) in [5, 5.41) is 4.42. The van der Waals surface area contributed by atoms with Crippen LogP contribution in [0.25, 0.3) is 0 Å². The van der Waals surface area contributed by atoms with Crippen LogP contribution >= 0.6 is 11.6 Å². The molecular weight excluding hydrogens is 182 g/mol. The molecule has 1 N–H and O–H groups in total. The highest BCUT2D eigenvalue weighted by Crippen LogP contribution is 2.44. The van der Waals surface area contributed by atoms with Crippen LogP contribution in [0.2, 0.25) is 5.02 Å². The molecule has 0 amide bonds. The zero-order valence-electron chi connectivity index (χ0n) is 7.39. The van der Waals surface area contributed by atoms with Gasteiger partial charge >= 0.3 is 0 Å². The van der Waals surface area contributed by atoms with Crippen LogP contribution in [0.3, 0.4) is 0 Å². The van der Waals surface area contributed by atoms with Gasteiger partial charge in [-0.15, -0.1) is 0 Å². The van der Waals surface area contributed by atoms with Crippen molar-refractivity contribution in [2.24, 2.45) is 5.92 Å². The third-order valence-electron chi connectivity index (χ3n) is 3.05. The van der Waals surface area contributed by atoms with E-state index in [0.29, 0.717) is 6.04 Å². The van der Waals surface area contributed by atoms with Crippen LogP contribution in [-0.4, -0.2) is 0 Å². The lowest BCUT2D eigenvalue weighted by Crippen LogP contribution is -2.13. The second kappa shape index (κ2) is 2.73. The Hall–Kier alpha value is -0.530. The molecule has 1 heterocycles. The number of fused-ring (bicyclic) bond motifs is 1. The summed E-state index contributed by atoms with van der Waals surface area (Å²) in [6, 6.07) is 6.85. The van der Waals surface area contributed by atoms with Crippen LogP contribution < -0.4 is 5.32 Å². The fourth-order valence-electron chi connectivity index (χ4n) is 2.20. The van der Waals surface area contributed by atoms with Gasteiger partial charge < -0.3 is 5.32 Å². The molecule has 0 aromatic heterocycles. The topological polar surface area (TPSA) is 12.0 Å². The lowest BCUT2D eigenvalue weighted by molar-refractivity contribution is 0.523. The molecule has 1 nitrogen and oxygen atoms in total. The van der Waals surface area contributed by atoms with E-state index in [0.717, 1.165) is 17.5 Å². The second-order valence-corrected chi connectivity index (χ2v) is 4.48. The van der Waals surface area contributed by atoms with Crippen molar-refractivity contribution in [1.29, 1.82) is 0 Å². The summed E-state index contributed by atoms with van der Waals surface area (Å²) in [6.07, 6.45) is 2.76. The van der Waals surface area contributed by atoms with Crippen molar-refractivity contribution in [2.75, 3.05) is 0 Å². The van der Waals surface area contributed by atoms with Crippen LogP contribution in [-0.2, 0) is 6.54 Å². The fourth-order valence-corrected chi connectivity index (χ4v) is 2.38. The first-order chi connectivity index (χ1) is 6.34. The molecule has 13 heavy (non-hydrogen) atoms. The molecule has 1 unspecified atom stereocenters. The van der Waals surface area contributed by atoms with E-state index in [9.17, 15) is 0 Å². The van der Waals surface area contributed by atoms with Gasteiger partial charge in [0.25, 0.3) is 0 Å². The SMILES string of the molecule is Clc1ccc2c(c1)C(C1CC1)NC2. The van der Waals surface area contributed by atoms with Crippen molar-refractivity contribution in [3.8, 4) is 0 Å². The monoisotopic (exact) mass is 193 g/mol. The normalized spacial score (nSPS) is 26.1. The molecule has 1 fully saturated rings. The van der Waals surface area contributed by atoms with Crippen LogP contribution in [0.1, 0.15) is 30.0 Å². The predicted molar refractivity (Wildman–Crippen MR) is 53.8 cm³/mol. The standard InChI is InChI=1S/C11H12ClN/c12-9-4-3-8-6-13-11(7-1-2-7)10(8)5-9/h3-5,7,11,13H,1-2,6H2. The van der Waals surface area contributed by atoms with Crippen molar-refractivity contribution in [3.63, 3.8) is 0 Å². The molecule has 0 radical (unpaired) electrons. The van der Waals surface area contributed by atoms with Crippen LogP contribution in [0.4, 0.5) is 0 Å². The Morgan fingerprint density at radius 2 is 2.15 bits per heavy atom. The second-order valence-electron chi connectivity index (χ2n) is 4.04. The number of nitrogens with one attached hydrogen (secondary N) is 1. The average Bonchev–Trinajstić information content (AvgIpc) is 2.87. The molecule has 68 valence electrons. The van der Waals surface area contributed by atoms with Gasteiger partial charge in [0.15, 0.2) is 0 Å². The van der Waals surface area contributed by atoms with E-state index < -0.39 is 0 Å². The molecule has 1 aliphatic carbocycles. The van der Waals surface area contributed by atoms with Gasteiger partial charge in [-0.1, -0.05) is 17.7 Å². The first kappa shape index (κ1) is 7.84. The van der Waals surface area contributed by atoms with Crippen molar-refractivity contribution in [3.05, 3.63) is 34.3 Å². The molecule has 0 saturated heterocycles. The van der Waals surface area contributed by atoms with E-state index in [4.69, 9.17) is 11.6 Å².